The Labute approximate surface area is 91.3 Å². The maximum atomic E-state index is 10.3. The Balaban J connectivity index is 2.11. The average molecular weight is 214 g/mol. The summed E-state index contributed by atoms with van der Waals surface area (Å²) >= 11 is 0. The van der Waals surface area contributed by atoms with Crippen molar-refractivity contribution >= 4 is 7.85 Å². The molecule has 2 aliphatic heterocycles. The zero-order chi connectivity index (χ0) is 11.3. The van der Waals surface area contributed by atoms with Crippen LogP contribution in [0.4, 0.5) is 0 Å². The smallest absolute Gasteiger partial charge is 0.140 e. The van der Waals surface area contributed by atoms with Gasteiger partial charge in [0.1, 0.15) is 25.2 Å². The molecule has 2 saturated heterocycles. The first-order chi connectivity index (χ1) is 6.94. The molecule has 2 fully saturated rings. The van der Waals surface area contributed by atoms with Crippen molar-refractivity contribution in [1.82, 2.24) is 0 Å². The molecule has 15 heavy (non-hydrogen) atoms. The Bertz CT molecular complexity index is 260. The second-order valence-corrected chi connectivity index (χ2v) is 5.19. The van der Waals surface area contributed by atoms with Crippen LogP contribution in [0.15, 0.2) is 0 Å². The SMILES string of the molecule is B[C@H](C)C1OC[C@](O)(COC)C2OC12C. The minimum Gasteiger partial charge on any atom is -0.382 e. The predicted octanol–water partition coefficient (Wildman–Crippen LogP) is -0.638. The van der Waals surface area contributed by atoms with Crippen LogP contribution in [0.25, 0.3) is 0 Å². The van der Waals surface area contributed by atoms with E-state index in [4.69, 9.17) is 14.2 Å². The molecule has 0 radical (unpaired) electrons. The molecule has 2 aliphatic rings. The summed E-state index contributed by atoms with van der Waals surface area (Å²) in [5.41, 5.74) is -1.31. The summed E-state index contributed by atoms with van der Waals surface area (Å²) in [5, 5.41) is 10.3. The maximum absolute atomic E-state index is 10.3. The van der Waals surface area contributed by atoms with Gasteiger partial charge in [0.05, 0.1) is 19.3 Å². The van der Waals surface area contributed by atoms with Crippen LogP contribution in [0.5, 0.6) is 0 Å². The van der Waals surface area contributed by atoms with Gasteiger partial charge in [-0.15, -0.1) is 0 Å². The van der Waals surface area contributed by atoms with E-state index >= 15 is 0 Å². The van der Waals surface area contributed by atoms with Crippen LogP contribution in [-0.2, 0) is 14.2 Å². The molecule has 2 rings (SSSR count). The second kappa shape index (κ2) is 3.45. The summed E-state index contributed by atoms with van der Waals surface area (Å²) < 4.78 is 16.4. The number of hydrogen-bond acceptors (Lipinski definition) is 4. The fourth-order valence-electron chi connectivity index (χ4n) is 2.78. The highest BCUT2D eigenvalue weighted by molar-refractivity contribution is 6.11. The minimum absolute atomic E-state index is 0.0691. The van der Waals surface area contributed by atoms with Crippen LogP contribution >= 0.6 is 0 Å². The van der Waals surface area contributed by atoms with Crippen molar-refractivity contribution in [2.75, 3.05) is 20.3 Å². The third kappa shape index (κ3) is 1.62. The van der Waals surface area contributed by atoms with Crippen molar-refractivity contribution in [3.05, 3.63) is 0 Å². The molecule has 0 bridgehead atoms. The van der Waals surface area contributed by atoms with Gasteiger partial charge < -0.3 is 19.3 Å². The number of epoxide rings is 1. The molecule has 5 atom stereocenters. The Morgan fingerprint density at radius 2 is 2.33 bits per heavy atom. The van der Waals surface area contributed by atoms with Crippen molar-refractivity contribution < 1.29 is 19.3 Å². The Morgan fingerprint density at radius 3 is 2.87 bits per heavy atom. The predicted molar refractivity (Wildman–Crippen MR) is 57.8 cm³/mol. The molecule has 3 unspecified atom stereocenters. The van der Waals surface area contributed by atoms with Gasteiger partial charge in [0.15, 0.2) is 0 Å². The lowest BCUT2D eigenvalue weighted by Crippen LogP contribution is -2.56. The molecule has 5 heteroatoms. The van der Waals surface area contributed by atoms with E-state index in [1.165, 1.54) is 0 Å². The molecule has 0 saturated carbocycles. The minimum atomic E-state index is -0.977. The molecule has 0 aromatic carbocycles. The van der Waals surface area contributed by atoms with Gasteiger partial charge in [0.25, 0.3) is 0 Å². The Hall–Kier alpha value is -0.0951. The molecular weight excluding hydrogens is 195 g/mol. The molecule has 2 heterocycles. The molecule has 0 aromatic heterocycles. The number of hydrogen-bond donors (Lipinski definition) is 1. The molecular formula is C10H19BO4. The average Bonchev–Trinajstić information content (AvgIpc) is 2.79. The van der Waals surface area contributed by atoms with E-state index in [0.717, 1.165) is 0 Å². The first kappa shape index (κ1) is 11.4. The maximum Gasteiger partial charge on any atom is 0.140 e. The van der Waals surface area contributed by atoms with Gasteiger partial charge in [0, 0.05) is 7.11 Å². The summed E-state index contributed by atoms with van der Waals surface area (Å²) in [6, 6.07) is 0. The van der Waals surface area contributed by atoms with Crippen LogP contribution in [0.2, 0.25) is 5.82 Å². The van der Waals surface area contributed by atoms with Crippen molar-refractivity contribution in [3.63, 3.8) is 0 Å². The highest BCUT2D eigenvalue weighted by Gasteiger charge is 2.70. The number of rotatable bonds is 3. The van der Waals surface area contributed by atoms with Crippen molar-refractivity contribution in [2.24, 2.45) is 0 Å². The van der Waals surface area contributed by atoms with Crippen LogP contribution < -0.4 is 0 Å². The van der Waals surface area contributed by atoms with Crippen LogP contribution in [0.3, 0.4) is 0 Å². The summed E-state index contributed by atoms with van der Waals surface area (Å²) in [6.07, 6.45) is -0.0780. The van der Waals surface area contributed by atoms with Gasteiger partial charge in [0.2, 0.25) is 0 Å². The topological polar surface area (TPSA) is 51.2 Å². The van der Waals surface area contributed by atoms with Gasteiger partial charge in [-0.1, -0.05) is 6.92 Å². The lowest BCUT2D eigenvalue weighted by Gasteiger charge is -2.37. The summed E-state index contributed by atoms with van der Waals surface area (Å²) in [4.78, 5) is 0. The number of methoxy groups -OCH3 is 1. The van der Waals surface area contributed by atoms with E-state index in [0.29, 0.717) is 12.4 Å². The van der Waals surface area contributed by atoms with E-state index in [-0.39, 0.29) is 24.4 Å². The number of aliphatic hydroxyl groups is 1. The Morgan fingerprint density at radius 1 is 1.67 bits per heavy atom. The lowest BCUT2D eigenvalue weighted by molar-refractivity contribution is -0.138. The van der Waals surface area contributed by atoms with Gasteiger partial charge >= 0.3 is 0 Å². The third-order valence-electron chi connectivity index (χ3n) is 3.40. The summed E-state index contributed by atoms with van der Waals surface area (Å²) in [6.45, 7) is 4.67. The fourth-order valence-corrected chi connectivity index (χ4v) is 2.78. The Kier molecular flexibility index (Phi) is 2.62. The van der Waals surface area contributed by atoms with E-state index in [9.17, 15) is 5.11 Å². The first-order valence-electron chi connectivity index (χ1n) is 5.45. The molecule has 4 nitrogen and oxygen atoms in total. The third-order valence-corrected chi connectivity index (χ3v) is 3.40. The van der Waals surface area contributed by atoms with E-state index < -0.39 is 5.60 Å². The van der Waals surface area contributed by atoms with Crippen molar-refractivity contribution in [2.45, 2.75) is 43.1 Å². The molecule has 1 N–H and O–H groups in total. The molecule has 0 aromatic rings. The molecule has 0 amide bonds. The van der Waals surface area contributed by atoms with Gasteiger partial charge in [-0.3, -0.25) is 0 Å². The van der Waals surface area contributed by atoms with E-state index in [1.54, 1.807) is 7.11 Å². The van der Waals surface area contributed by atoms with Gasteiger partial charge in [-0.25, -0.2) is 0 Å². The standard InChI is InChI=1S/C10H19BO4/c1-6(11)7-9(2)8(15-9)10(12,4-13-3)5-14-7/h6-8,12H,4-5,11H2,1-3H3/t6-,7?,8?,9?,10-/m1/s1. The zero-order valence-electron chi connectivity index (χ0n) is 9.82. The highest BCUT2D eigenvalue weighted by atomic mass is 16.7. The van der Waals surface area contributed by atoms with Gasteiger partial charge in [-0.2, -0.15) is 0 Å². The zero-order valence-corrected chi connectivity index (χ0v) is 9.82. The normalized spacial score (nSPS) is 50.9. The molecule has 0 spiro atoms. The monoisotopic (exact) mass is 214 g/mol. The lowest BCUT2D eigenvalue weighted by atomic mass is 9.74. The molecule has 86 valence electrons. The van der Waals surface area contributed by atoms with E-state index in [2.05, 4.69) is 14.8 Å². The summed E-state index contributed by atoms with van der Waals surface area (Å²) in [7, 11) is 3.68. The van der Waals surface area contributed by atoms with Crippen LogP contribution in [-0.4, -0.2) is 56.7 Å². The van der Waals surface area contributed by atoms with E-state index in [1.807, 2.05) is 6.92 Å². The van der Waals surface area contributed by atoms with Crippen molar-refractivity contribution in [1.29, 1.82) is 0 Å². The quantitative estimate of drug-likeness (QED) is 0.501. The first-order valence-corrected chi connectivity index (χ1v) is 5.45. The number of fused-ring (bicyclic) bond motifs is 1. The largest absolute Gasteiger partial charge is 0.382 e. The summed E-state index contributed by atoms with van der Waals surface area (Å²) in [5.74, 6) is 0.395. The second-order valence-electron chi connectivity index (χ2n) is 5.19. The molecule has 0 aliphatic carbocycles. The van der Waals surface area contributed by atoms with Crippen LogP contribution in [0, 0.1) is 0 Å². The number of ether oxygens (including phenoxy) is 3. The fraction of sp³-hybridized carbons (Fsp3) is 1.00. The van der Waals surface area contributed by atoms with Gasteiger partial charge in [-0.05, 0) is 12.7 Å². The highest BCUT2D eigenvalue weighted by Crippen LogP contribution is 2.52. The van der Waals surface area contributed by atoms with Crippen LogP contribution in [0.1, 0.15) is 13.8 Å². The van der Waals surface area contributed by atoms with Crippen molar-refractivity contribution in [3.8, 4) is 0 Å².